The molecule has 0 aromatic heterocycles. The number of amides is 4. The monoisotopic (exact) mass is 496 g/mol. The Morgan fingerprint density at radius 1 is 1.00 bits per heavy atom. The standard InChI is InChI=1S/C24H21ClN4O4S/c1-14-18(20(25)28(3)24(32)27(14)2)13-19-21(30)26-23(34)29(22(19)31)15-9-11-17(12-10-15)33-16-7-5-4-6-8-16/h4-13,20H,1-3H3,(H,26,30,34). The number of nitrogens with zero attached hydrogens (tertiary/aromatic N) is 3. The molecule has 4 amide bonds. The van der Waals surface area contributed by atoms with Crippen LogP contribution in [0.1, 0.15) is 6.92 Å². The van der Waals surface area contributed by atoms with Crippen LogP contribution in [0.2, 0.25) is 0 Å². The second-order valence-electron chi connectivity index (χ2n) is 7.70. The van der Waals surface area contributed by atoms with Gasteiger partial charge in [0.1, 0.15) is 22.6 Å². The molecule has 8 nitrogen and oxygen atoms in total. The second kappa shape index (κ2) is 9.28. The number of urea groups is 1. The molecule has 0 bridgehead atoms. The number of carbonyl (C=O) groups is 3. The van der Waals surface area contributed by atoms with Gasteiger partial charge >= 0.3 is 6.03 Å². The molecule has 10 heteroatoms. The van der Waals surface area contributed by atoms with Crippen molar-refractivity contribution in [2.75, 3.05) is 19.0 Å². The summed E-state index contributed by atoms with van der Waals surface area (Å²) < 4.78 is 5.79. The smallest absolute Gasteiger partial charge is 0.325 e. The lowest BCUT2D eigenvalue weighted by Crippen LogP contribution is -2.54. The molecule has 0 saturated carbocycles. The maximum Gasteiger partial charge on any atom is 0.325 e. The molecule has 174 valence electrons. The maximum atomic E-state index is 13.4. The highest BCUT2D eigenvalue weighted by atomic mass is 35.5. The number of halogens is 1. The Hall–Kier alpha value is -3.69. The Kier molecular flexibility index (Phi) is 6.41. The zero-order chi connectivity index (χ0) is 24.6. The Balaban J connectivity index is 1.64. The van der Waals surface area contributed by atoms with Crippen molar-refractivity contribution in [2.45, 2.75) is 12.4 Å². The third-order valence-electron chi connectivity index (χ3n) is 5.58. The number of ether oxygens (including phenoxy) is 1. The molecular weight excluding hydrogens is 476 g/mol. The zero-order valence-electron chi connectivity index (χ0n) is 18.6. The van der Waals surface area contributed by atoms with Gasteiger partial charge in [0.25, 0.3) is 11.8 Å². The summed E-state index contributed by atoms with van der Waals surface area (Å²) in [6.45, 7) is 1.70. The molecule has 4 rings (SSSR count). The predicted molar refractivity (Wildman–Crippen MR) is 133 cm³/mol. The number of para-hydroxylation sites is 1. The molecule has 34 heavy (non-hydrogen) atoms. The number of anilines is 1. The Morgan fingerprint density at radius 3 is 2.26 bits per heavy atom. The van der Waals surface area contributed by atoms with Crippen LogP contribution in [0.15, 0.2) is 77.5 Å². The number of thiocarbonyl (C=S) groups is 1. The molecule has 2 aliphatic rings. The van der Waals surface area contributed by atoms with Crippen LogP contribution in [-0.2, 0) is 9.59 Å². The summed E-state index contributed by atoms with van der Waals surface area (Å²) in [5, 5.41) is 2.51. The normalized spacial score (nSPS) is 20.3. The minimum Gasteiger partial charge on any atom is -0.457 e. The van der Waals surface area contributed by atoms with Crippen LogP contribution in [0.4, 0.5) is 10.5 Å². The summed E-state index contributed by atoms with van der Waals surface area (Å²) in [7, 11) is 3.14. The average Bonchev–Trinajstić information content (AvgIpc) is 2.82. The van der Waals surface area contributed by atoms with E-state index < -0.39 is 17.3 Å². The number of nitrogens with one attached hydrogen (secondary N) is 1. The van der Waals surface area contributed by atoms with Crippen LogP contribution < -0.4 is 15.0 Å². The topological polar surface area (TPSA) is 82.2 Å². The van der Waals surface area contributed by atoms with E-state index in [0.717, 1.165) is 0 Å². The van der Waals surface area contributed by atoms with Gasteiger partial charge in [0.2, 0.25) is 0 Å². The van der Waals surface area contributed by atoms with E-state index >= 15 is 0 Å². The summed E-state index contributed by atoms with van der Waals surface area (Å²) in [4.78, 5) is 42.2. The molecule has 0 spiro atoms. The second-order valence-corrected chi connectivity index (χ2v) is 8.50. The van der Waals surface area contributed by atoms with Crippen molar-refractivity contribution in [1.29, 1.82) is 0 Å². The molecule has 1 unspecified atom stereocenters. The zero-order valence-corrected chi connectivity index (χ0v) is 20.2. The van der Waals surface area contributed by atoms with E-state index in [9.17, 15) is 14.4 Å². The fourth-order valence-corrected chi connectivity index (χ4v) is 4.15. The van der Waals surface area contributed by atoms with Gasteiger partial charge < -0.3 is 14.5 Å². The van der Waals surface area contributed by atoms with Gasteiger partial charge in [0.15, 0.2) is 5.11 Å². The first-order valence-electron chi connectivity index (χ1n) is 10.3. The molecule has 2 aliphatic heterocycles. The van der Waals surface area contributed by atoms with E-state index in [0.29, 0.717) is 28.5 Å². The maximum absolute atomic E-state index is 13.4. The fourth-order valence-electron chi connectivity index (χ4n) is 3.56. The number of carbonyl (C=O) groups excluding carboxylic acids is 3. The minimum atomic E-state index is -0.839. The molecule has 1 fully saturated rings. The predicted octanol–water partition coefficient (Wildman–Crippen LogP) is 3.99. The lowest BCUT2D eigenvalue weighted by molar-refractivity contribution is -0.122. The summed E-state index contributed by atoms with van der Waals surface area (Å²) in [5.74, 6) is 0.0183. The van der Waals surface area contributed by atoms with Crippen molar-refractivity contribution in [1.82, 2.24) is 15.1 Å². The van der Waals surface area contributed by atoms with Gasteiger partial charge in [0, 0.05) is 25.4 Å². The minimum absolute atomic E-state index is 0.0370. The van der Waals surface area contributed by atoms with Crippen molar-refractivity contribution >= 4 is 52.5 Å². The summed E-state index contributed by atoms with van der Waals surface area (Å²) in [6.07, 6.45) is 1.41. The van der Waals surface area contributed by atoms with Crippen molar-refractivity contribution in [3.63, 3.8) is 0 Å². The van der Waals surface area contributed by atoms with Gasteiger partial charge in [-0.3, -0.25) is 19.8 Å². The fraction of sp³-hybridized carbons (Fsp3) is 0.167. The highest BCUT2D eigenvalue weighted by Gasteiger charge is 2.37. The number of benzene rings is 2. The molecule has 1 saturated heterocycles. The van der Waals surface area contributed by atoms with Crippen LogP contribution in [0, 0.1) is 0 Å². The number of allylic oxidation sites excluding steroid dienone is 1. The quantitative estimate of drug-likeness (QED) is 0.227. The van der Waals surface area contributed by atoms with Crippen molar-refractivity contribution in [3.05, 3.63) is 77.5 Å². The molecule has 0 radical (unpaired) electrons. The highest BCUT2D eigenvalue weighted by Crippen LogP contribution is 2.30. The average molecular weight is 497 g/mol. The largest absolute Gasteiger partial charge is 0.457 e. The SMILES string of the molecule is CC1=C(C=C2C(=O)NC(=S)N(c3ccc(Oc4ccccc4)cc3)C2=O)C(Cl)N(C)C(=O)N1C. The lowest BCUT2D eigenvalue weighted by Gasteiger charge is -2.37. The molecule has 2 aromatic carbocycles. The van der Waals surface area contributed by atoms with Crippen molar-refractivity contribution in [3.8, 4) is 11.5 Å². The Labute approximate surface area is 207 Å². The Bertz CT molecular complexity index is 1240. The number of hydrogen-bond acceptors (Lipinski definition) is 5. The number of hydrogen-bond donors (Lipinski definition) is 1. The van der Waals surface area contributed by atoms with Crippen LogP contribution in [-0.4, -0.2) is 52.4 Å². The van der Waals surface area contributed by atoms with E-state index in [4.69, 9.17) is 28.6 Å². The van der Waals surface area contributed by atoms with Gasteiger partial charge in [-0.25, -0.2) is 4.79 Å². The molecular formula is C24H21ClN4O4S. The molecule has 1 N–H and O–H groups in total. The first-order valence-corrected chi connectivity index (χ1v) is 11.1. The van der Waals surface area contributed by atoms with Crippen LogP contribution >= 0.6 is 23.8 Å². The van der Waals surface area contributed by atoms with Gasteiger partial charge in [-0.15, -0.1) is 0 Å². The third kappa shape index (κ3) is 4.27. The highest BCUT2D eigenvalue weighted by molar-refractivity contribution is 7.80. The summed E-state index contributed by atoms with van der Waals surface area (Å²) >= 11 is 11.7. The molecule has 2 aromatic rings. The molecule has 2 heterocycles. The van der Waals surface area contributed by atoms with E-state index in [-0.39, 0.29) is 16.7 Å². The van der Waals surface area contributed by atoms with Gasteiger partial charge in [0.05, 0.1) is 5.69 Å². The van der Waals surface area contributed by atoms with Gasteiger partial charge in [-0.1, -0.05) is 29.8 Å². The van der Waals surface area contributed by atoms with E-state index in [1.165, 1.54) is 20.8 Å². The van der Waals surface area contributed by atoms with Crippen molar-refractivity contribution < 1.29 is 19.1 Å². The molecule has 1 atom stereocenters. The summed E-state index contributed by atoms with van der Waals surface area (Å²) in [6, 6.07) is 15.8. The van der Waals surface area contributed by atoms with Gasteiger partial charge in [-0.2, -0.15) is 0 Å². The lowest BCUT2D eigenvalue weighted by atomic mass is 10.0. The van der Waals surface area contributed by atoms with Crippen LogP contribution in [0.3, 0.4) is 0 Å². The van der Waals surface area contributed by atoms with Crippen molar-refractivity contribution in [2.24, 2.45) is 0 Å². The number of likely N-dealkylation sites (N-methyl/N-ethyl adjacent to an activating group) is 1. The van der Waals surface area contributed by atoms with Crippen LogP contribution in [0.25, 0.3) is 0 Å². The van der Waals surface area contributed by atoms with Gasteiger partial charge in [-0.05, 0) is 61.6 Å². The van der Waals surface area contributed by atoms with E-state index in [1.807, 2.05) is 30.3 Å². The third-order valence-corrected chi connectivity index (χ3v) is 6.39. The first kappa shape index (κ1) is 23.5. The van der Waals surface area contributed by atoms with Crippen LogP contribution in [0.5, 0.6) is 11.5 Å². The summed E-state index contributed by atoms with van der Waals surface area (Å²) in [5.41, 5.74) is 0.480. The Morgan fingerprint density at radius 2 is 1.62 bits per heavy atom. The van der Waals surface area contributed by atoms with E-state index in [1.54, 1.807) is 45.3 Å². The number of rotatable bonds is 4. The molecule has 0 aliphatic carbocycles. The van der Waals surface area contributed by atoms with E-state index in [2.05, 4.69) is 5.32 Å². The number of alkyl halides is 1. The first-order chi connectivity index (χ1) is 16.2.